The van der Waals surface area contributed by atoms with E-state index in [4.69, 9.17) is 11.5 Å². The Hall–Kier alpha value is -1.71. The number of aliphatic hydroxyl groups excluding tert-OH is 2. The number of carbonyl (C=O) groups is 3. The molecule has 2 saturated heterocycles. The molecule has 0 radical (unpaired) electrons. The van der Waals surface area contributed by atoms with E-state index >= 15 is 0 Å². The lowest BCUT2D eigenvalue weighted by Gasteiger charge is -2.36. The van der Waals surface area contributed by atoms with Gasteiger partial charge in [0.25, 0.3) is 0 Å². The van der Waals surface area contributed by atoms with Gasteiger partial charge in [-0.05, 0) is 26.2 Å². The quantitative estimate of drug-likeness (QED) is 0.426. The standard InChI is InChI=1S/C14H24N4O5/c1-8(20)10(15)12(22)18-5-2-3-14(18)4-6-17(13(14)23)9(7-19)11(16)21/h8-10,19-20H,2-7,15H2,1H3,(H2,16,21)/t8?,9-,10-,14?/m0/s1. The van der Waals surface area contributed by atoms with Crippen molar-refractivity contribution in [3.8, 4) is 0 Å². The molecule has 9 heteroatoms. The molecule has 9 nitrogen and oxygen atoms in total. The summed E-state index contributed by atoms with van der Waals surface area (Å²) in [6, 6.07) is -2.19. The minimum Gasteiger partial charge on any atom is -0.394 e. The fourth-order valence-corrected chi connectivity index (χ4v) is 3.49. The minimum absolute atomic E-state index is 0.237. The zero-order valence-electron chi connectivity index (χ0n) is 13.1. The van der Waals surface area contributed by atoms with Crippen LogP contribution in [0.25, 0.3) is 0 Å². The van der Waals surface area contributed by atoms with Gasteiger partial charge in [0.15, 0.2) is 0 Å². The van der Waals surface area contributed by atoms with E-state index in [-0.39, 0.29) is 12.5 Å². The zero-order chi connectivity index (χ0) is 17.4. The van der Waals surface area contributed by atoms with Crippen molar-refractivity contribution in [1.29, 1.82) is 0 Å². The summed E-state index contributed by atoms with van der Waals surface area (Å²) in [5.41, 5.74) is 9.91. The minimum atomic E-state index is -1.10. The van der Waals surface area contributed by atoms with Gasteiger partial charge in [-0.2, -0.15) is 0 Å². The molecule has 2 fully saturated rings. The number of hydrogen-bond acceptors (Lipinski definition) is 6. The number of nitrogens with two attached hydrogens (primary N) is 2. The lowest BCUT2D eigenvalue weighted by molar-refractivity contribution is -0.151. The maximum absolute atomic E-state index is 12.9. The van der Waals surface area contributed by atoms with Crippen molar-refractivity contribution in [3.05, 3.63) is 0 Å². The zero-order valence-corrected chi connectivity index (χ0v) is 13.1. The number of carbonyl (C=O) groups excluding carboxylic acids is 3. The first-order valence-electron chi connectivity index (χ1n) is 7.72. The summed E-state index contributed by atoms with van der Waals surface area (Å²) in [6.45, 7) is 1.47. The highest BCUT2D eigenvalue weighted by Gasteiger charge is 2.57. The average Bonchev–Trinajstić information content (AvgIpc) is 3.06. The molecule has 0 aromatic rings. The first-order chi connectivity index (χ1) is 10.8. The van der Waals surface area contributed by atoms with Gasteiger partial charge in [0.2, 0.25) is 17.7 Å². The highest BCUT2D eigenvalue weighted by molar-refractivity contribution is 5.97. The van der Waals surface area contributed by atoms with Crippen LogP contribution in [-0.4, -0.2) is 81.2 Å². The van der Waals surface area contributed by atoms with Gasteiger partial charge in [0, 0.05) is 13.1 Å². The van der Waals surface area contributed by atoms with Gasteiger partial charge in [-0.25, -0.2) is 0 Å². The maximum atomic E-state index is 12.9. The molecule has 2 heterocycles. The van der Waals surface area contributed by atoms with Gasteiger partial charge in [0.1, 0.15) is 17.6 Å². The van der Waals surface area contributed by atoms with E-state index in [0.29, 0.717) is 25.8 Å². The molecule has 23 heavy (non-hydrogen) atoms. The lowest BCUT2D eigenvalue weighted by atomic mass is 9.93. The number of hydrogen-bond donors (Lipinski definition) is 4. The summed E-state index contributed by atoms with van der Waals surface area (Å²) in [4.78, 5) is 39.4. The van der Waals surface area contributed by atoms with Crippen LogP contribution in [0.5, 0.6) is 0 Å². The fourth-order valence-electron chi connectivity index (χ4n) is 3.49. The van der Waals surface area contributed by atoms with Gasteiger partial charge in [-0.15, -0.1) is 0 Å². The number of primary amides is 1. The largest absolute Gasteiger partial charge is 0.394 e. The number of amides is 3. The third-order valence-corrected chi connectivity index (χ3v) is 4.86. The molecule has 2 aliphatic heterocycles. The van der Waals surface area contributed by atoms with Crippen molar-refractivity contribution < 1.29 is 24.6 Å². The Bertz CT molecular complexity index is 511. The van der Waals surface area contributed by atoms with E-state index in [9.17, 15) is 24.6 Å². The van der Waals surface area contributed by atoms with E-state index in [1.165, 1.54) is 16.7 Å². The lowest BCUT2D eigenvalue weighted by Crippen LogP contribution is -2.60. The van der Waals surface area contributed by atoms with Gasteiger partial charge in [-0.1, -0.05) is 0 Å². The first-order valence-corrected chi connectivity index (χ1v) is 7.72. The van der Waals surface area contributed by atoms with E-state index in [0.717, 1.165) is 0 Å². The van der Waals surface area contributed by atoms with Crippen LogP contribution in [0.15, 0.2) is 0 Å². The second kappa shape index (κ2) is 6.42. The highest BCUT2D eigenvalue weighted by Crippen LogP contribution is 2.39. The van der Waals surface area contributed by atoms with Gasteiger partial charge in [0.05, 0.1) is 12.7 Å². The topological polar surface area (TPSA) is 150 Å². The second-order valence-electron chi connectivity index (χ2n) is 6.24. The monoisotopic (exact) mass is 328 g/mol. The van der Waals surface area contributed by atoms with Crippen LogP contribution < -0.4 is 11.5 Å². The molecule has 0 aliphatic carbocycles. The molecule has 4 atom stereocenters. The van der Waals surface area contributed by atoms with Crippen LogP contribution >= 0.6 is 0 Å². The smallest absolute Gasteiger partial charge is 0.249 e. The van der Waals surface area contributed by atoms with Crippen LogP contribution in [0.2, 0.25) is 0 Å². The molecular formula is C14H24N4O5. The fraction of sp³-hybridized carbons (Fsp3) is 0.786. The number of aliphatic hydroxyl groups is 2. The van der Waals surface area contributed by atoms with Crippen LogP contribution in [0.4, 0.5) is 0 Å². The van der Waals surface area contributed by atoms with Crippen LogP contribution in [0, 0.1) is 0 Å². The Morgan fingerprint density at radius 1 is 1.35 bits per heavy atom. The predicted molar refractivity (Wildman–Crippen MR) is 79.7 cm³/mol. The third kappa shape index (κ3) is 2.79. The van der Waals surface area contributed by atoms with Crippen LogP contribution in [0.3, 0.4) is 0 Å². The Morgan fingerprint density at radius 3 is 2.52 bits per heavy atom. The van der Waals surface area contributed by atoms with Gasteiger partial charge < -0.3 is 31.5 Å². The first kappa shape index (κ1) is 17.6. The average molecular weight is 328 g/mol. The Balaban J connectivity index is 2.26. The van der Waals surface area contributed by atoms with E-state index in [1.807, 2.05) is 0 Å². The molecular weight excluding hydrogens is 304 g/mol. The molecule has 0 aromatic heterocycles. The van der Waals surface area contributed by atoms with Crippen molar-refractivity contribution in [2.45, 2.75) is 49.9 Å². The Kier molecular flexibility index (Phi) is 4.92. The van der Waals surface area contributed by atoms with Crippen LogP contribution in [-0.2, 0) is 14.4 Å². The second-order valence-corrected chi connectivity index (χ2v) is 6.24. The molecule has 3 amide bonds. The molecule has 6 N–H and O–H groups in total. The Morgan fingerprint density at radius 2 is 2.00 bits per heavy atom. The molecule has 0 aromatic carbocycles. The molecule has 2 unspecified atom stereocenters. The summed E-state index contributed by atoms with van der Waals surface area (Å²) in [5.74, 6) is -1.65. The van der Waals surface area contributed by atoms with E-state index in [1.54, 1.807) is 0 Å². The molecule has 130 valence electrons. The summed E-state index contributed by atoms with van der Waals surface area (Å²) >= 11 is 0. The maximum Gasteiger partial charge on any atom is 0.249 e. The third-order valence-electron chi connectivity index (χ3n) is 4.86. The molecule has 2 rings (SSSR count). The summed E-state index contributed by atoms with van der Waals surface area (Å²) in [6.07, 6.45) is 0.437. The summed E-state index contributed by atoms with van der Waals surface area (Å²) in [7, 11) is 0. The highest BCUT2D eigenvalue weighted by atomic mass is 16.3. The van der Waals surface area contributed by atoms with E-state index < -0.39 is 42.1 Å². The number of rotatable bonds is 5. The normalized spacial score (nSPS) is 28.3. The number of likely N-dealkylation sites (tertiary alicyclic amines) is 2. The Labute approximate surface area is 134 Å². The van der Waals surface area contributed by atoms with Crippen LogP contribution in [0.1, 0.15) is 26.2 Å². The van der Waals surface area contributed by atoms with Crippen molar-refractivity contribution in [3.63, 3.8) is 0 Å². The predicted octanol–water partition coefficient (Wildman–Crippen LogP) is -2.87. The molecule has 1 spiro atoms. The molecule has 2 aliphatic rings. The molecule has 0 saturated carbocycles. The van der Waals surface area contributed by atoms with Crippen molar-refractivity contribution in [1.82, 2.24) is 9.80 Å². The van der Waals surface area contributed by atoms with E-state index in [2.05, 4.69) is 0 Å². The molecule has 0 bridgehead atoms. The van der Waals surface area contributed by atoms with Gasteiger partial charge >= 0.3 is 0 Å². The SMILES string of the molecule is CC(O)[C@H](N)C(=O)N1CCCC12CCN([C@@H](CO)C(N)=O)C2=O. The number of nitrogens with zero attached hydrogens (tertiary/aromatic N) is 2. The van der Waals surface area contributed by atoms with Crippen molar-refractivity contribution >= 4 is 17.7 Å². The summed E-state index contributed by atoms with van der Waals surface area (Å²) in [5, 5.41) is 18.9. The van der Waals surface area contributed by atoms with Crippen molar-refractivity contribution in [2.75, 3.05) is 19.7 Å². The van der Waals surface area contributed by atoms with Gasteiger partial charge in [-0.3, -0.25) is 14.4 Å². The summed E-state index contributed by atoms with van der Waals surface area (Å²) < 4.78 is 0. The van der Waals surface area contributed by atoms with Crippen molar-refractivity contribution in [2.24, 2.45) is 11.5 Å².